The lowest BCUT2D eigenvalue weighted by Gasteiger charge is -2.14. The molecule has 25 heavy (non-hydrogen) atoms. The predicted molar refractivity (Wildman–Crippen MR) is 104 cm³/mol. The SMILES string of the molecule is COc1ccc(Cl)cc1C(=O)/N=c1\sc(C(C)(C)C)cn1CC(C)C. The number of ether oxygens (including phenoxy) is 1. The van der Waals surface area contributed by atoms with E-state index in [0.29, 0.717) is 27.1 Å². The van der Waals surface area contributed by atoms with Gasteiger partial charge in [-0.2, -0.15) is 4.99 Å². The fraction of sp³-hybridized carbons (Fsp3) is 0.474. The summed E-state index contributed by atoms with van der Waals surface area (Å²) in [6.07, 6.45) is 2.10. The van der Waals surface area contributed by atoms with Gasteiger partial charge in [-0.3, -0.25) is 4.79 Å². The normalized spacial score (nSPS) is 12.7. The number of amides is 1. The summed E-state index contributed by atoms with van der Waals surface area (Å²) in [6, 6.07) is 4.97. The molecule has 2 rings (SSSR count). The monoisotopic (exact) mass is 380 g/mol. The van der Waals surface area contributed by atoms with Gasteiger partial charge in [0.15, 0.2) is 4.80 Å². The van der Waals surface area contributed by atoms with E-state index >= 15 is 0 Å². The molecule has 0 unspecified atom stereocenters. The highest BCUT2D eigenvalue weighted by Gasteiger charge is 2.19. The van der Waals surface area contributed by atoms with E-state index in [0.717, 1.165) is 6.54 Å². The molecule has 1 amide bonds. The lowest BCUT2D eigenvalue weighted by Crippen LogP contribution is -2.19. The van der Waals surface area contributed by atoms with Crippen molar-refractivity contribution in [2.24, 2.45) is 10.9 Å². The zero-order chi connectivity index (χ0) is 18.8. The van der Waals surface area contributed by atoms with Crippen LogP contribution in [-0.2, 0) is 12.0 Å². The van der Waals surface area contributed by atoms with E-state index < -0.39 is 0 Å². The number of rotatable bonds is 4. The first-order valence-corrected chi connectivity index (χ1v) is 9.44. The van der Waals surface area contributed by atoms with E-state index in [4.69, 9.17) is 16.3 Å². The quantitative estimate of drug-likeness (QED) is 0.756. The molecule has 0 N–H and O–H groups in total. The second kappa shape index (κ2) is 7.75. The summed E-state index contributed by atoms with van der Waals surface area (Å²) in [5.41, 5.74) is 0.380. The molecule has 0 radical (unpaired) electrons. The minimum atomic E-state index is -0.348. The Balaban J connectivity index is 2.54. The summed E-state index contributed by atoms with van der Waals surface area (Å²) in [7, 11) is 1.53. The molecule has 0 atom stereocenters. The Kier molecular flexibility index (Phi) is 6.12. The molecule has 0 bridgehead atoms. The topological polar surface area (TPSA) is 43.6 Å². The Hall–Kier alpha value is -1.59. The number of aromatic nitrogens is 1. The maximum atomic E-state index is 12.7. The van der Waals surface area contributed by atoms with Gasteiger partial charge in [-0.15, -0.1) is 11.3 Å². The van der Waals surface area contributed by atoms with Crippen LogP contribution in [0.5, 0.6) is 5.75 Å². The van der Waals surface area contributed by atoms with Crippen LogP contribution in [0.2, 0.25) is 5.02 Å². The van der Waals surface area contributed by atoms with Crippen molar-refractivity contribution in [2.45, 2.75) is 46.6 Å². The van der Waals surface area contributed by atoms with Crippen LogP contribution in [0.4, 0.5) is 0 Å². The molecule has 6 heteroatoms. The summed E-state index contributed by atoms with van der Waals surface area (Å²) >= 11 is 7.58. The third-order valence-corrected chi connectivity index (χ3v) is 5.29. The van der Waals surface area contributed by atoms with Crippen LogP contribution in [0, 0.1) is 5.92 Å². The van der Waals surface area contributed by atoms with Crippen LogP contribution in [0.3, 0.4) is 0 Å². The van der Waals surface area contributed by atoms with Crippen LogP contribution >= 0.6 is 22.9 Å². The Morgan fingerprint density at radius 2 is 2.04 bits per heavy atom. The first kappa shape index (κ1) is 19.7. The Morgan fingerprint density at radius 1 is 1.36 bits per heavy atom. The molecular formula is C19H25ClN2O2S. The minimum absolute atomic E-state index is 0.00790. The van der Waals surface area contributed by atoms with Crippen molar-refractivity contribution >= 4 is 28.8 Å². The van der Waals surface area contributed by atoms with Gasteiger partial charge in [-0.05, 0) is 29.5 Å². The largest absolute Gasteiger partial charge is 0.496 e. The molecule has 0 aliphatic heterocycles. The van der Waals surface area contributed by atoms with E-state index in [2.05, 4.69) is 50.4 Å². The predicted octanol–water partition coefficient (Wildman–Crippen LogP) is 4.91. The molecule has 0 saturated carbocycles. The third-order valence-electron chi connectivity index (χ3n) is 3.61. The van der Waals surface area contributed by atoms with Crippen LogP contribution < -0.4 is 9.54 Å². The number of methoxy groups -OCH3 is 1. The highest BCUT2D eigenvalue weighted by molar-refractivity contribution is 7.09. The maximum absolute atomic E-state index is 12.7. The molecule has 0 spiro atoms. The number of hydrogen-bond acceptors (Lipinski definition) is 3. The molecule has 136 valence electrons. The number of carbonyl (C=O) groups is 1. The number of hydrogen-bond donors (Lipinski definition) is 0. The highest BCUT2D eigenvalue weighted by Crippen LogP contribution is 2.26. The van der Waals surface area contributed by atoms with E-state index in [1.807, 2.05) is 0 Å². The van der Waals surface area contributed by atoms with Crippen LogP contribution in [0.1, 0.15) is 49.9 Å². The number of nitrogens with zero attached hydrogens (tertiary/aromatic N) is 2. The number of benzene rings is 1. The molecule has 1 aromatic heterocycles. The Bertz CT molecular complexity index is 829. The molecule has 2 aromatic rings. The Labute approximate surface area is 158 Å². The number of thiazole rings is 1. The molecule has 0 fully saturated rings. The summed E-state index contributed by atoms with van der Waals surface area (Å²) in [5, 5.41) is 0.482. The van der Waals surface area contributed by atoms with Crippen molar-refractivity contribution in [3.63, 3.8) is 0 Å². The molecule has 0 aliphatic carbocycles. The van der Waals surface area contributed by atoms with Crippen molar-refractivity contribution in [3.05, 3.63) is 44.7 Å². The van der Waals surface area contributed by atoms with Gasteiger partial charge in [0.05, 0.1) is 12.7 Å². The van der Waals surface area contributed by atoms with Crippen molar-refractivity contribution in [2.75, 3.05) is 7.11 Å². The van der Waals surface area contributed by atoms with Crippen molar-refractivity contribution in [1.82, 2.24) is 4.57 Å². The molecule has 4 nitrogen and oxygen atoms in total. The summed E-state index contributed by atoms with van der Waals surface area (Å²) < 4.78 is 7.33. The fourth-order valence-electron chi connectivity index (χ4n) is 2.33. The van der Waals surface area contributed by atoms with Gasteiger partial charge < -0.3 is 9.30 Å². The Morgan fingerprint density at radius 3 is 2.60 bits per heavy atom. The van der Waals surface area contributed by atoms with Crippen molar-refractivity contribution in [3.8, 4) is 5.75 Å². The number of halogens is 1. The van der Waals surface area contributed by atoms with Crippen LogP contribution in [0.25, 0.3) is 0 Å². The van der Waals surface area contributed by atoms with Gasteiger partial charge in [-0.25, -0.2) is 0 Å². The standard InChI is InChI=1S/C19H25ClN2O2S/c1-12(2)10-22-11-16(19(3,4)5)25-18(22)21-17(23)14-9-13(20)7-8-15(14)24-6/h7-9,11-12H,10H2,1-6H3/b21-18-. The van der Waals surface area contributed by atoms with E-state index in [1.165, 1.54) is 12.0 Å². The minimum Gasteiger partial charge on any atom is -0.496 e. The van der Waals surface area contributed by atoms with Gasteiger partial charge in [0.25, 0.3) is 5.91 Å². The first-order chi connectivity index (χ1) is 11.6. The average molecular weight is 381 g/mol. The highest BCUT2D eigenvalue weighted by atomic mass is 35.5. The molecule has 0 aliphatic rings. The van der Waals surface area contributed by atoms with E-state index in [9.17, 15) is 4.79 Å². The first-order valence-electron chi connectivity index (χ1n) is 8.25. The lowest BCUT2D eigenvalue weighted by molar-refractivity contribution is 0.0994. The zero-order valence-electron chi connectivity index (χ0n) is 15.6. The van der Waals surface area contributed by atoms with E-state index in [-0.39, 0.29) is 11.3 Å². The second-order valence-corrected chi connectivity index (χ2v) is 8.88. The van der Waals surface area contributed by atoms with E-state index in [1.54, 1.807) is 29.5 Å². The van der Waals surface area contributed by atoms with Gasteiger partial charge >= 0.3 is 0 Å². The van der Waals surface area contributed by atoms with Gasteiger partial charge in [-0.1, -0.05) is 46.2 Å². The summed E-state index contributed by atoms with van der Waals surface area (Å²) in [6.45, 7) is 11.6. The van der Waals surface area contributed by atoms with Gasteiger partial charge in [0.1, 0.15) is 5.75 Å². The van der Waals surface area contributed by atoms with Crippen molar-refractivity contribution < 1.29 is 9.53 Å². The van der Waals surface area contributed by atoms with Crippen LogP contribution in [0.15, 0.2) is 29.4 Å². The van der Waals surface area contributed by atoms with Crippen LogP contribution in [-0.4, -0.2) is 17.6 Å². The van der Waals surface area contributed by atoms with Gasteiger partial charge in [0.2, 0.25) is 0 Å². The smallest absolute Gasteiger partial charge is 0.283 e. The fourth-order valence-corrected chi connectivity index (χ4v) is 3.56. The lowest BCUT2D eigenvalue weighted by atomic mass is 9.95. The second-order valence-electron chi connectivity index (χ2n) is 7.44. The van der Waals surface area contributed by atoms with Gasteiger partial charge in [0, 0.05) is 22.6 Å². The average Bonchev–Trinajstić information content (AvgIpc) is 2.89. The zero-order valence-corrected chi connectivity index (χ0v) is 17.2. The summed E-state index contributed by atoms with van der Waals surface area (Å²) in [5.74, 6) is 0.581. The summed E-state index contributed by atoms with van der Waals surface area (Å²) in [4.78, 5) is 19.0. The molecule has 1 heterocycles. The maximum Gasteiger partial charge on any atom is 0.283 e. The van der Waals surface area contributed by atoms with Crippen molar-refractivity contribution in [1.29, 1.82) is 0 Å². The molecule has 0 saturated heterocycles. The number of carbonyl (C=O) groups excluding carboxylic acids is 1. The molecule has 1 aromatic carbocycles. The molecular weight excluding hydrogens is 356 g/mol. The third kappa shape index (κ3) is 4.95.